The Bertz CT molecular complexity index is 317. The van der Waals surface area contributed by atoms with Crippen LogP contribution in [0.5, 0.6) is 0 Å². The van der Waals surface area contributed by atoms with Crippen molar-refractivity contribution in [1.29, 1.82) is 0 Å². The molecule has 0 aromatic carbocycles. The van der Waals surface area contributed by atoms with Crippen molar-refractivity contribution in [2.24, 2.45) is 5.73 Å². The van der Waals surface area contributed by atoms with E-state index in [0.717, 1.165) is 18.5 Å². The van der Waals surface area contributed by atoms with Gasteiger partial charge in [-0.3, -0.25) is 0 Å². The summed E-state index contributed by atoms with van der Waals surface area (Å²) in [6, 6.07) is 0. The first-order chi connectivity index (χ1) is 6.12. The van der Waals surface area contributed by atoms with Crippen molar-refractivity contribution < 1.29 is 0 Å². The van der Waals surface area contributed by atoms with Crippen molar-refractivity contribution >= 4 is 0 Å². The molecule has 4 nitrogen and oxygen atoms in total. The zero-order valence-corrected chi connectivity index (χ0v) is 7.99. The third kappa shape index (κ3) is 1.54. The van der Waals surface area contributed by atoms with Crippen LogP contribution in [0.3, 0.4) is 0 Å². The van der Waals surface area contributed by atoms with Crippen molar-refractivity contribution in [3.8, 4) is 0 Å². The van der Waals surface area contributed by atoms with Gasteiger partial charge in [-0.05, 0) is 18.8 Å². The lowest BCUT2D eigenvalue weighted by Gasteiger charge is -2.08. The minimum absolute atomic E-state index is 0.266. The Morgan fingerprint density at radius 3 is 2.69 bits per heavy atom. The normalized spacial score (nSPS) is 19.1. The van der Waals surface area contributed by atoms with Crippen molar-refractivity contribution in [2.45, 2.75) is 38.1 Å². The molecule has 13 heavy (non-hydrogen) atoms. The van der Waals surface area contributed by atoms with Gasteiger partial charge < -0.3 is 5.73 Å². The Kier molecular flexibility index (Phi) is 1.80. The second-order valence-corrected chi connectivity index (χ2v) is 4.02. The van der Waals surface area contributed by atoms with Crippen LogP contribution in [0.4, 0.5) is 0 Å². The smallest absolute Gasteiger partial charge is 0.171 e. The number of rotatable bonds is 2. The Morgan fingerprint density at radius 2 is 2.15 bits per heavy atom. The molecule has 0 bridgehead atoms. The zero-order valence-electron chi connectivity index (χ0n) is 7.99. The van der Waals surface area contributed by atoms with Crippen LogP contribution in [0.15, 0.2) is 6.20 Å². The van der Waals surface area contributed by atoms with E-state index in [4.69, 9.17) is 5.73 Å². The molecule has 0 aliphatic heterocycles. The van der Waals surface area contributed by atoms with Crippen LogP contribution in [0, 0.1) is 0 Å². The second kappa shape index (κ2) is 2.73. The van der Waals surface area contributed by atoms with Crippen LogP contribution in [-0.4, -0.2) is 15.2 Å². The summed E-state index contributed by atoms with van der Waals surface area (Å²) in [5, 5.41) is 7.89. The highest BCUT2D eigenvalue weighted by atomic mass is 15.2. The largest absolute Gasteiger partial charge is 0.319 e. The minimum atomic E-state index is -0.266. The van der Waals surface area contributed by atoms with E-state index in [1.165, 1.54) is 0 Å². The first-order valence-corrected chi connectivity index (χ1v) is 4.61. The lowest BCUT2D eigenvalue weighted by atomic mass is 10.1. The maximum absolute atomic E-state index is 5.97. The zero-order chi connectivity index (χ0) is 9.47. The fourth-order valence-corrected chi connectivity index (χ4v) is 1.16. The van der Waals surface area contributed by atoms with Crippen LogP contribution >= 0.6 is 0 Å². The average molecular weight is 178 g/mol. The topological polar surface area (TPSA) is 64.7 Å². The van der Waals surface area contributed by atoms with E-state index in [1.807, 2.05) is 0 Å². The molecule has 1 fully saturated rings. The summed E-state index contributed by atoms with van der Waals surface area (Å²) in [6.07, 6.45) is 3.67. The van der Waals surface area contributed by atoms with Gasteiger partial charge in [0, 0.05) is 0 Å². The molecule has 0 saturated heterocycles. The Balaban J connectivity index is 2.33. The van der Waals surface area contributed by atoms with Crippen molar-refractivity contribution in [3.63, 3.8) is 0 Å². The molecule has 1 saturated carbocycles. The van der Waals surface area contributed by atoms with Gasteiger partial charge in [-0.2, -0.15) is 5.10 Å². The fourth-order valence-electron chi connectivity index (χ4n) is 1.16. The molecule has 1 aromatic rings. The third-order valence-electron chi connectivity index (χ3n) is 2.40. The molecule has 1 heterocycles. The molecule has 0 amide bonds. The number of nitrogens with two attached hydrogens (primary N) is 1. The molecule has 1 aliphatic carbocycles. The van der Waals surface area contributed by atoms with Gasteiger partial charge in [-0.25, -0.2) is 4.98 Å². The number of nitrogens with zero attached hydrogens (tertiary/aromatic N) is 3. The summed E-state index contributed by atoms with van der Waals surface area (Å²) >= 11 is 0. The number of hydrogen-bond acceptors (Lipinski definition) is 4. The highest BCUT2D eigenvalue weighted by molar-refractivity contribution is 5.15. The fraction of sp³-hybridized carbons (Fsp3) is 0.667. The van der Waals surface area contributed by atoms with E-state index < -0.39 is 0 Å². The van der Waals surface area contributed by atoms with Gasteiger partial charge in [0.2, 0.25) is 0 Å². The van der Waals surface area contributed by atoms with E-state index in [-0.39, 0.29) is 5.54 Å². The van der Waals surface area contributed by atoms with Gasteiger partial charge in [0.1, 0.15) is 0 Å². The van der Waals surface area contributed by atoms with Gasteiger partial charge in [0.05, 0.1) is 17.4 Å². The van der Waals surface area contributed by atoms with Crippen LogP contribution in [0.25, 0.3) is 0 Å². The molecule has 2 rings (SSSR count). The van der Waals surface area contributed by atoms with E-state index in [9.17, 15) is 0 Å². The molecule has 1 aliphatic rings. The van der Waals surface area contributed by atoms with E-state index in [0.29, 0.717) is 11.7 Å². The molecular formula is C9H14N4. The van der Waals surface area contributed by atoms with Crippen molar-refractivity contribution in [3.05, 3.63) is 17.7 Å². The summed E-state index contributed by atoms with van der Waals surface area (Å²) in [7, 11) is 0. The highest BCUT2D eigenvalue weighted by Crippen LogP contribution is 2.40. The second-order valence-electron chi connectivity index (χ2n) is 4.02. The molecule has 70 valence electrons. The summed E-state index contributed by atoms with van der Waals surface area (Å²) in [6.45, 7) is 4.17. The Morgan fingerprint density at radius 1 is 1.46 bits per heavy atom. The van der Waals surface area contributed by atoms with E-state index in [2.05, 4.69) is 29.0 Å². The molecule has 1 aromatic heterocycles. The summed E-state index contributed by atoms with van der Waals surface area (Å²) in [5.74, 6) is 1.09. The SMILES string of the molecule is CC(C)c1cnnc(C2(N)CC2)n1. The van der Waals surface area contributed by atoms with Gasteiger partial charge in [-0.1, -0.05) is 13.8 Å². The first-order valence-electron chi connectivity index (χ1n) is 4.61. The summed E-state index contributed by atoms with van der Waals surface area (Å²) in [4.78, 5) is 4.41. The molecule has 0 atom stereocenters. The highest BCUT2D eigenvalue weighted by Gasteiger charge is 2.43. The molecule has 4 heteroatoms. The summed E-state index contributed by atoms with van der Waals surface area (Å²) in [5.41, 5.74) is 6.68. The number of aromatic nitrogens is 3. The average Bonchev–Trinajstić information content (AvgIpc) is 2.85. The monoisotopic (exact) mass is 178 g/mol. The van der Waals surface area contributed by atoms with Gasteiger partial charge >= 0.3 is 0 Å². The van der Waals surface area contributed by atoms with E-state index in [1.54, 1.807) is 6.20 Å². The van der Waals surface area contributed by atoms with Crippen LogP contribution in [0.2, 0.25) is 0 Å². The quantitative estimate of drug-likeness (QED) is 0.732. The van der Waals surface area contributed by atoms with Crippen molar-refractivity contribution in [2.75, 3.05) is 0 Å². The number of hydrogen-bond donors (Lipinski definition) is 1. The lowest BCUT2D eigenvalue weighted by molar-refractivity contribution is 0.628. The standard InChI is InChI=1S/C9H14N4/c1-6(2)7-5-11-13-8(12-7)9(10)3-4-9/h5-6H,3-4,10H2,1-2H3. The van der Waals surface area contributed by atoms with Gasteiger partial charge in [-0.15, -0.1) is 5.10 Å². The maximum Gasteiger partial charge on any atom is 0.171 e. The third-order valence-corrected chi connectivity index (χ3v) is 2.40. The predicted octanol–water partition coefficient (Wildman–Crippen LogP) is 0.943. The summed E-state index contributed by atoms with van der Waals surface area (Å²) < 4.78 is 0. The molecule has 0 radical (unpaired) electrons. The van der Waals surface area contributed by atoms with Gasteiger partial charge in [0.15, 0.2) is 5.82 Å². The minimum Gasteiger partial charge on any atom is -0.319 e. The lowest BCUT2D eigenvalue weighted by Crippen LogP contribution is -2.23. The Hall–Kier alpha value is -1.03. The van der Waals surface area contributed by atoms with Crippen LogP contribution in [0.1, 0.15) is 44.1 Å². The molecule has 2 N–H and O–H groups in total. The van der Waals surface area contributed by atoms with Crippen LogP contribution < -0.4 is 5.73 Å². The van der Waals surface area contributed by atoms with Crippen LogP contribution in [-0.2, 0) is 5.54 Å². The molecule has 0 spiro atoms. The predicted molar refractivity (Wildman–Crippen MR) is 49.0 cm³/mol. The van der Waals surface area contributed by atoms with Gasteiger partial charge in [0.25, 0.3) is 0 Å². The van der Waals surface area contributed by atoms with Crippen molar-refractivity contribution in [1.82, 2.24) is 15.2 Å². The Labute approximate surface area is 77.6 Å². The van der Waals surface area contributed by atoms with E-state index >= 15 is 0 Å². The maximum atomic E-state index is 5.97. The molecule has 0 unspecified atom stereocenters. The first kappa shape index (κ1) is 8.56. The molecular weight excluding hydrogens is 164 g/mol.